The molecule has 0 radical (unpaired) electrons. The lowest BCUT2D eigenvalue weighted by Gasteiger charge is -1.88. The molecule has 0 fully saturated rings. The van der Waals surface area contributed by atoms with E-state index in [0.717, 1.165) is 0 Å². The van der Waals surface area contributed by atoms with Gasteiger partial charge in [-0.3, -0.25) is 4.55 Å². The van der Waals surface area contributed by atoms with Gasteiger partial charge in [-0.15, -0.1) is 0 Å². The SMILES string of the molecule is C.CCOS(=O)(=O)O. The van der Waals surface area contributed by atoms with Gasteiger partial charge in [0.1, 0.15) is 0 Å². The molecule has 0 spiro atoms. The van der Waals surface area contributed by atoms with Gasteiger partial charge in [0.2, 0.25) is 0 Å². The smallest absolute Gasteiger partial charge is 0.264 e. The molecule has 0 aromatic carbocycles. The van der Waals surface area contributed by atoms with Gasteiger partial charge in [0, 0.05) is 0 Å². The first kappa shape index (κ1) is 10.8. The summed E-state index contributed by atoms with van der Waals surface area (Å²) in [5.74, 6) is 0. The van der Waals surface area contributed by atoms with E-state index in [1.54, 1.807) is 0 Å². The molecule has 8 heavy (non-hydrogen) atoms. The monoisotopic (exact) mass is 142 g/mol. The number of hydrogen-bond acceptors (Lipinski definition) is 3. The maximum absolute atomic E-state index is 9.56. The third kappa shape index (κ3) is 9.30. The summed E-state index contributed by atoms with van der Waals surface area (Å²) >= 11 is 0. The molecule has 4 nitrogen and oxygen atoms in total. The van der Waals surface area contributed by atoms with Crippen LogP contribution in [0.15, 0.2) is 0 Å². The zero-order chi connectivity index (χ0) is 5.91. The Balaban J connectivity index is 0. The summed E-state index contributed by atoms with van der Waals surface area (Å²) in [5.41, 5.74) is 0. The molecule has 0 atom stereocenters. The van der Waals surface area contributed by atoms with E-state index in [2.05, 4.69) is 4.18 Å². The molecule has 0 aliphatic carbocycles. The van der Waals surface area contributed by atoms with Crippen LogP contribution in [-0.4, -0.2) is 19.6 Å². The highest BCUT2D eigenvalue weighted by Crippen LogP contribution is 1.81. The van der Waals surface area contributed by atoms with E-state index in [-0.39, 0.29) is 14.0 Å². The molecule has 0 amide bonds. The van der Waals surface area contributed by atoms with Crippen LogP contribution in [0, 0.1) is 0 Å². The van der Waals surface area contributed by atoms with Gasteiger partial charge in [0.15, 0.2) is 0 Å². The summed E-state index contributed by atoms with van der Waals surface area (Å²) in [7, 11) is -4.17. The van der Waals surface area contributed by atoms with E-state index in [9.17, 15) is 8.42 Å². The summed E-state index contributed by atoms with van der Waals surface area (Å²) in [5, 5.41) is 0. The van der Waals surface area contributed by atoms with Crippen LogP contribution in [-0.2, 0) is 14.6 Å². The molecule has 5 heteroatoms. The van der Waals surface area contributed by atoms with E-state index >= 15 is 0 Å². The lowest BCUT2D eigenvalue weighted by atomic mass is 10.9. The second-order valence-electron chi connectivity index (χ2n) is 0.834. The number of hydrogen-bond donors (Lipinski definition) is 1. The van der Waals surface area contributed by atoms with Crippen molar-refractivity contribution in [1.82, 2.24) is 0 Å². The van der Waals surface area contributed by atoms with E-state index in [1.807, 2.05) is 0 Å². The Bertz CT molecular complexity index is 124. The highest BCUT2D eigenvalue weighted by molar-refractivity contribution is 7.80. The molecule has 0 unspecified atom stereocenters. The summed E-state index contributed by atoms with van der Waals surface area (Å²) < 4.78 is 30.7. The molecule has 0 aromatic heterocycles. The van der Waals surface area contributed by atoms with Crippen molar-refractivity contribution in [3.8, 4) is 0 Å². The van der Waals surface area contributed by atoms with Gasteiger partial charge in [0.25, 0.3) is 0 Å². The predicted octanol–water partition coefficient (Wildman–Crippen LogP) is 0.462. The fourth-order valence-corrected chi connectivity index (χ4v) is 0.447. The van der Waals surface area contributed by atoms with Gasteiger partial charge in [-0.1, -0.05) is 7.43 Å². The summed E-state index contributed by atoms with van der Waals surface area (Å²) in [6, 6.07) is 0. The topological polar surface area (TPSA) is 63.6 Å². The first-order valence-electron chi connectivity index (χ1n) is 1.68. The summed E-state index contributed by atoms with van der Waals surface area (Å²) in [6.45, 7) is 1.44. The molecule has 0 saturated carbocycles. The molecule has 0 aromatic rings. The first-order chi connectivity index (χ1) is 3.06. The zero-order valence-electron chi connectivity index (χ0n) is 3.79. The Kier molecular flexibility index (Phi) is 5.15. The van der Waals surface area contributed by atoms with Crippen molar-refractivity contribution in [2.45, 2.75) is 14.4 Å². The van der Waals surface area contributed by atoms with Gasteiger partial charge >= 0.3 is 10.4 Å². The van der Waals surface area contributed by atoms with Crippen LogP contribution in [0.2, 0.25) is 0 Å². The predicted molar refractivity (Wildman–Crippen MR) is 29.9 cm³/mol. The first-order valence-corrected chi connectivity index (χ1v) is 3.04. The standard InChI is InChI=1S/C2H6O4S.CH4/c1-2-6-7(3,4)5;/h2H2,1H3,(H,3,4,5);1H4. The van der Waals surface area contributed by atoms with Crippen LogP contribution in [0.4, 0.5) is 0 Å². The molecular formula is C3H10O4S. The maximum Gasteiger partial charge on any atom is 0.397 e. The minimum Gasteiger partial charge on any atom is -0.264 e. The Morgan fingerprint density at radius 3 is 2.00 bits per heavy atom. The molecule has 1 N–H and O–H groups in total. The van der Waals surface area contributed by atoms with Gasteiger partial charge in [-0.25, -0.2) is 4.18 Å². The molecule has 52 valence electrons. The third-order valence-electron chi connectivity index (χ3n) is 0.267. The highest BCUT2D eigenvalue weighted by Gasteiger charge is 1.98. The van der Waals surface area contributed by atoms with Gasteiger partial charge < -0.3 is 0 Å². The lowest BCUT2D eigenvalue weighted by Crippen LogP contribution is -2.01. The quantitative estimate of drug-likeness (QED) is 0.569. The Hall–Kier alpha value is -0.130. The van der Waals surface area contributed by atoms with E-state index in [0.29, 0.717) is 0 Å². The minimum atomic E-state index is -4.17. The van der Waals surface area contributed by atoms with Gasteiger partial charge in [-0.2, -0.15) is 8.42 Å². The summed E-state index contributed by atoms with van der Waals surface area (Å²) in [4.78, 5) is 0. The van der Waals surface area contributed by atoms with E-state index < -0.39 is 10.4 Å². The van der Waals surface area contributed by atoms with Crippen LogP contribution in [0.25, 0.3) is 0 Å². The van der Waals surface area contributed by atoms with Crippen LogP contribution in [0.1, 0.15) is 14.4 Å². The van der Waals surface area contributed by atoms with Crippen molar-refractivity contribution in [3.63, 3.8) is 0 Å². The van der Waals surface area contributed by atoms with Gasteiger partial charge in [-0.05, 0) is 6.92 Å². The zero-order valence-corrected chi connectivity index (χ0v) is 4.60. The minimum absolute atomic E-state index is 0. The van der Waals surface area contributed by atoms with Crippen LogP contribution >= 0.6 is 0 Å². The van der Waals surface area contributed by atoms with E-state index in [1.165, 1.54) is 6.92 Å². The summed E-state index contributed by atoms with van der Waals surface area (Å²) in [6.07, 6.45) is 0. The van der Waals surface area contributed by atoms with Crippen molar-refractivity contribution in [2.24, 2.45) is 0 Å². The largest absolute Gasteiger partial charge is 0.397 e. The molecule has 0 bridgehead atoms. The third-order valence-corrected chi connectivity index (χ3v) is 0.800. The molecule has 0 heterocycles. The molecule has 0 aliphatic heterocycles. The van der Waals surface area contributed by atoms with E-state index in [4.69, 9.17) is 4.55 Å². The number of rotatable bonds is 2. The fraction of sp³-hybridized carbons (Fsp3) is 1.00. The molecule has 0 saturated heterocycles. The average molecular weight is 142 g/mol. The Morgan fingerprint density at radius 2 is 2.00 bits per heavy atom. The van der Waals surface area contributed by atoms with Crippen LogP contribution in [0.5, 0.6) is 0 Å². The van der Waals surface area contributed by atoms with Gasteiger partial charge in [0.05, 0.1) is 6.61 Å². The average Bonchev–Trinajstić information content (AvgIpc) is 1.30. The van der Waals surface area contributed by atoms with Crippen molar-refractivity contribution in [3.05, 3.63) is 0 Å². The molecule has 0 aliphatic rings. The Morgan fingerprint density at radius 1 is 1.62 bits per heavy atom. The normalized spacial score (nSPS) is 10.2. The maximum atomic E-state index is 9.56. The lowest BCUT2D eigenvalue weighted by molar-refractivity contribution is 0.283. The van der Waals surface area contributed by atoms with Crippen LogP contribution in [0.3, 0.4) is 0 Å². The second-order valence-corrected chi connectivity index (χ2v) is 1.93. The van der Waals surface area contributed by atoms with Crippen molar-refractivity contribution < 1.29 is 17.2 Å². The molecule has 0 rings (SSSR count). The van der Waals surface area contributed by atoms with Crippen molar-refractivity contribution >= 4 is 10.4 Å². The van der Waals surface area contributed by atoms with Crippen molar-refractivity contribution in [2.75, 3.05) is 6.61 Å². The van der Waals surface area contributed by atoms with Crippen molar-refractivity contribution in [1.29, 1.82) is 0 Å². The highest BCUT2D eigenvalue weighted by atomic mass is 32.3. The second kappa shape index (κ2) is 3.82. The molecular weight excluding hydrogens is 132 g/mol. The van der Waals surface area contributed by atoms with Crippen LogP contribution < -0.4 is 0 Å². The Labute approximate surface area is 49.4 Å². The fourth-order valence-electron chi connectivity index (χ4n) is 0.149.